The number of aryl methyl sites for hydroxylation is 2. The highest BCUT2D eigenvalue weighted by Crippen LogP contribution is 2.23. The number of hydrogen-bond donors (Lipinski definition) is 2. The minimum absolute atomic E-state index is 0.127. The van der Waals surface area contributed by atoms with Crippen LogP contribution >= 0.6 is 0 Å². The number of nitrogens with zero attached hydrogens (tertiary/aromatic N) is 4. The van der Waals surface area contributed by atoms with Crippen molar-refractivity contribution in [3.05, 3.63) is 41.0 Å². The number of aliphatic imine (C=N–C) groups is 1. The number of nitrogens with one attached hydrogen (secondary N) is 2. The Morgan fingerprint density at radius 2 is 2.11 bits per heavy atom. The van der Waals surface area contributed by atoms with Crippen molar-refractivity contribution in [3.63, 3.8) is 0 Å². The van der Waals surface area contributed by atoms with E-state index in [-0.39, 0.29) is 6.10 Å². The van der Waals surface area contributed by atoms with Crippen molar-refractivity contribution < 1.29 is 9.47 Å². The first kappa shape index (κ1) is 19.2. The maximum Gasteiger partial charge on any atom is 0.191 e. The lowest BCUT2D eigenvalue weighted by molar-refractivity contribution is 0.140. The van der Waals surface area contributed by atoms with Gasteiger partial charge in [-0.2, -0.15) is 0 Å². The summed E-state index contributed by atoms with van der Waals surface area (Å²) in [4.78, 5) is 4.28. The van der Waals surface area contributed by atoms with Crippen molar-refractivity contribution in [3.8, 4) is 5.75 Å². The first-order valence-corrected chi connectivity index (χ1v) is 9.20. The van der Waals surface area contributed by atoms with Gasteiger partial charge in [0.1, 0.15) is 17.7 Å². The van der Waals surface area contributed by atoms with Crippen LogP contribution in [0.15, 0.2) is 23.2 Å². The van der Waals surface area contributed by atoms with Crippen LogP contribution in [0.4, 0.5) is 0 Å². The van der Waals surface area contributed by atoms with Gasteiger partial charge in [-0.25, -0.2) is 0 Å². The van der Waals surface area contributed by atoms with Gasteiger partial charge in [-0.3, -0.25) is 4.99 Å². The summed E-state index contributed by atoms with van der Waals surface area (Å²) in [5, 5.41) is 14.8. The van der Waals surface area contributed by atoms with E-state index in [0.717, 1.165) is 36.0 Å². The third-order valence-corrected chi connectivity index (χ3v) is 4.67. The topological polar surface area (TPSA) is 85.6 Å². The molecule has 1 aliphatic rings. The molecule has 1 saturated heterocycles. The van der Waals surface area contributed by atoms with Gasteiger partial charge in [-0.15, -0.1) is 10.2 Å². The molecule has 0 amide bonds. The van der Waals surface area contributed by atoms with Crippen LogP contribution in [-0.2, 0) is 24.9 Å². The summed E-state index contributed by atoms with van der Waals surface area (Å²) < 4.78 is 13.5. The summed E-state index contributed by atoms with van der Waals surface area (Å²) in [6, 6.07) is 6.26. The number of ether oxygens (including phenoxy) is 2. The van der Waals surface area contributed by atoms with E-state index < -0.39 is 0 Å². The molecular weight excluding hydrogens is 344 g/mol. The fourth-order valence-corrected chi connectivity index (χ4v) is 2.87. The van der Waals surface area contributed by atoms with E-state index in [9.17, 15) is 0 Å². The summed E-state index contributed by atoms with van der Waals surface area (Å²) in [5.41, 5.74) is 2.26. The van der Waals surface area contributed by atoms with Gasteiger partial charge in [0.05, 0.1) is 19.8 Å². The van der Waals surface area contributed by atoms with Crippen LogP contribution in [0.1, 0.15) is 29.2 Å². The lowest BCUT2D eigenvalue weighted by Crippen LogP contribution is -2.37. The van der Waals surface area contributed by atoms with Crippen LogP contribution in [0.2, 0.25) is 0 Å². The molecule has 8 nitrogen and oxygen atoms in total. The van der Waals surface area contributed by atoms with Gasteiger partial charge in [0.25, 0.3) is 0 Å². The van der Waals surface area contributed by atoms with E-state index in [1.165, 1.54) is 5.56 Å². The molecular formula is C19H28N6O2. The lowest BCUT2D eigenvalue weighted by atomic mass is 10.1. The van der Waals surface area contributed by atoms with E-state index in [0.29, 0.717) is 25.7 Å². The van der Waals surface area contributed by atoms with Crippen molar-refractivity contribution in [1.29, 1.82) is 0 Å². The van der Waals surface area contributed by atoms with Crippen molar-refractivity contribution >= 4 is 5.96 Å². The van der Waals surface area contributed by atoms with E-state index in [4.69, 9.17) is 9.47 Å². The van der Waals surface area contributed by atoms with Gasteiger partial charge in [0.15, 0.2) is 11.8 Å². The Morgan fingerprint density at radius 1 is 1.30 bits per heavy atom. The first-order valence-electron chi connectivity index (χ1n) is 9.20. The summed E-state index contributed by atoms with van der Waals surface area (Å²) in [6.07, 6.45) is 1.06. The Bertz CT molecular complexity index is 795. The van der Waals surface area contributed by atoms with E-state index in [1.807, 2.05) is 18.5 Å². The smallest absolute Gasteiger partial charge is 0.191 e. The Morgan fingerprint density at radius 3 is 2.78 bits per heavy atom. The van der Waals surface area contributed by atoms with Gasteiger partial charge in [0.2, 0.25) is 0 Å². The quantitative estimate of drug-likeness (QED) is 0.590. The molecule has 1 fully saturated rings. The van der Waals surface area contributed by atoms with E-state index >= 15 is 0 Å². The van der Waals surface area contributed by atoms with Crippen molar-refractivity contribution in [1.82, 2.24) is 25.4 Å². The zero-order chi connectivity index (χ0) is 19.2. The van der Waals surface area contributed by atoms with Crippen LogP contribution in [0.25, 0.3) is 0 Å². The molecule has 1 aromatic heterocycles. The number of hydrogen-bond acceptors (Lipinski definition) is 5. The summed E-state index contributed by atoms with van der Waals surface area (Å²) in [7, 11) is 3.70. The van der Waals surface area contributed by atoms with Gasteiger partial charge in [-0.1, -0.05) is 12.1 Å². The Labute approximate surface area is 160 Å². The zero-order valence-electron chi connectivity index (χ0n) is 16.5. The third-order valence-electron chi connectivity index (χ3n) is 4.67. The Kier molecular flexibility index (Phi) is 6.28. The molecule has 3 rings (SSSR count). The molecule has 0 aliphatic carbocycles. The Hall–Kier alpha value is -2.61. The monoisotopic (exact) mass is 372 g/mol. The largest absolute Gasteiger partial charge is 0.488 e. The van der Waals surface area contributed by atoms with E-state index in [1.54, 1.807) is 7.05 Å². The molecule has 146 valence electrons. The minimum atomic E-state index is 0.127. The third kappa shape index (κ3) is 4.97. The van der Waals surface area contributed by atoms with Crippen LogP contribution in [0.5, 0.6) is 5.75 Å². The molecule has 0 bridgehead atoms. The summed E-state index contributed by atoms with van der Waals surface area (Å²) in [5.74, 6) is 3.34. The van der Waals surface area contributed by atoms with E-state index in [2.05, 4.69) is 50.9 Å². The van der Waals surface area contributed by atoms with Crippen molar-refractivity contribution in [2.24, 2.45) is 12.0 Å². The molecule has 0 spiro atoms. The average molecular weight is 372 g/mol. The van der Waals surface area contributed by atoms with Crippen LogP contribution in [0, 0.1) is 13.8 Å². The molecule has 1 aliphatic heterocycles. The number of rotatable bonds is 6. The van der Waals surface area contributed by atoms with Gasteiger partial charge >= 0.3 is 0 Å². The first-order chi connectivity index (χ1) is 13.1. The van der Waals surface area contributed by atoms with Crippen LogP contribution < -0.4 is 15.4 Å². The molecule has 1 atom stereocenters. The van der Waals surface area contributed by atoms with Crippen molar-refractivity contribution in [2.45, 2.75) is 39.5 Å². The summed E-state index contributed by atoms with van der Waals surface area (Å²) >= 11 is 0. The summed E-state index contributed by atoms with van der Waals surface area (Å²) in [6.45, 7) is 6.58. The highest BCUT2D eigenvalue weighted by molar-refractivity contribution is 5.79. The lowest BCUT2D eigenvalue weighted by Gasteiger charge is -2.18. The predicted molar refractivity (Wildman–Crippen MR) is 104 cm³/mol. The van der Waals surface area contributed by atoms with Crippen LogP contribution in [-0.4, -0.2) is 47.1 Å². The number of guanidine groups is 1. The minimum Gasteiger partial charge on any atom is -0.488 e. The fraction of sp³-hybridized carbons (Fsp3) is 0.526. The second kappa shape index (κ2) is 8.85. The second-order valence-electron chi connectivity index (χ2n) is 6.72. The van der Waals surface area contributed by atoms with Crippen LogP contribution in [0.3, 0.4) is 0 Å². The normalized spacial score (nSPS) is 17.2. The predicted octanol–water partition coefficient (Wildman–Crippen LogP) is 1.46. The van der Waals surface area contributed by atoms with Gasteiger partial charge in [-0.05, 0) is 25.5 Å². The average Bonchev–Trinajstić information content (AvgIpc) is 3.28. The molecule has 27 heavy (non-hydrogen) atoms. The maximum atomic E-state index is 6.15. The highest BCUT2D eigenvalue weighted by atomic mass is 16.5. The van der Waals surface area contributed by atoms with Crippen molar-refractivity contribution in [2.75, 3.05) is 20.3 Å². The SMILES string of the molecule is CN=C(NCc1ccc(C)cc1OC1CCOC1)NCc1nnc(C)n1C. The fourth-order valence-electron chi connectivity index (χ4n) is 2.87. The molecule has 0 radical (unpaired) electrons. The Balaban J connectivity index is 1.59. The number of aromatic nitrogens is 3. The second-order valence-corrected chi connectivity index (χ2v) is 6.72. The molecule has 1 aromatic carbocycles. The molecule has 2 aromatic rings. The molecule has 2 N–H and O–H groups in total. The number of benzene rings is 1. The molecule has 1 unspecified atom stereocenters. The molecule has 0 saturated carbocycles. The zero-order valence-corrected chi connectivity index (χ0v) is 16.5. The maximum absolute atomic E-state index is 6.15. The standard InChI is InChI=1S/C19H28N6O2/c1-13-5-6-15(17(9-13)27-16-7-8-26-12-16)10-21-19(20-3)22-11-18-24-23-14(2)25(18)4/h5-6,9,16H,7-8,10-12H2,1-4H3,(H2,20,21,22). The van der Waals surface area contributed by atoms with Gasteiger partial charge < -0.3 is 24.7 Å². The van der Waals surface area contributed by atoms with Gasteiger partial charge in [0, 0.05) is 32.6 Å². The highest BCUT2D eigenvalue weighted by Gasteiger charge is 2.18. The molecule has 2 heterocycles. The molecule has 8 heteroatoms.